The van der Waals surface area contributed by atoms with E-state index in [-0.39, 0.29) is 42.9 Å². The van der Waals surface area contributed by atoms with E-state index in [9.17, 15) is 14.4 Å². The standard InChI is InChI=1S/C52H102N2O5/c1-7-12-16-20-24-28-32-37-48(38-33-29-25-21-17-13-8-2)51(56)58-46-44-54(50(55)41-36-43-53(6)42-11-5)45-47-59-52(57)49(39-34-30-26-22-18-14-9-3)40-35-31-27-23-19-15-10-4/h48-49H,7-47H2,1-6H3/p+1. The third-order valence-corrected chi connectivity index (χ3v) is 12.5. The summed E-state index contributed by atoms with van der Waals surface area (Å²) >= 11 is 0. The third-order valence-electron chi connectivity index (χ3n) is 12.5. The van der Waals surface area contributed by atoms with E-state index >= 15 is 0 Å². The molecule has 7 nitrogen and oxygen atoms in total. The summed E-state index contributed by atoms with van der Waals surface area (Å²) in [5.41, 5.74) is 0. The van der Waals surface area contributed by atoms with E-state index in [2.05, 4.69) is 41.7 Å². The Hall–Kier alpha value is -1.63. The second-order valence-corrected chi connectivity index (χ2v) is 18.3. The minimum Gasteiger partial charge on any atom is -0.464 e. The summed E-state index contributed by atoms with van der Waals surface area (Å²) in [4.78, 5) is 43.9. The van der Waals surface area contributed by atoms with Crippen LogP contribution in [-0.2, 0) is 23.9 Å². The predicted octanol–water partition coefficient (Wildman–Crippen LogP) is 13.4. The van der Waals surface area contributed by atoms with Crippen LogP contribution in [-0.4, -0.2) is 69.2 Å². The van der Waals surface area contributed by atoms with Crippen molar-refractivity contribution in [3.63, 3.8) is 0 Å². The number of hydrogen-bond acceptors (Lipinski definition) is 5. The highest BCUT2D eigenvalue weighted by Gasteiger charge is 2.23. The molecule has 1 amide bonds. The molecule has 350 valence electrons. The highest BCUT2D eigenvalue weighted by Crippen LogP contribution is 2.23. The van der Waals surface area contributed by atoms with Crippen LogP contribution in [0.5, 0.6) is 0 Å². The molecule has 59 heavy (non-hydrogen) atoms. The van der Waals surface area contributed by atoms with Gasteiger partial charge in [-0.3, -0.25) is 14.4 Å². The van der Waals surface area contributed by atoms with Crippen molar-refractivity contribution in [2.45, 2.75) is 259 Å². The summed E-state index contributed by atoms with van der Waals surface area (Å²) in [6.45, 7) is 14.4. The fraction of sp³-hybridized carbons (Fsp3) is 0.942. The normalized spacial score (nSPS) is 12.1. The van der Waals surface area contributed by atoms with E-state index in [1.807, 2.05) is 0 Å². The molecule has 0 rings (SSSR count). The van der Waals surface area contributed by atoms with Gasteiger partial charge in [-0.25, -0.2) is 0 Å². The lowest BCUT2D eigenvalue weighted by Crippen LogP contribution is -3.08. The average molecular weight is 836 g/mol. The Balaban J connectivity index is 5.38. The number of esters is 2. The number of hydrogen-bond donors (Lipinski definition) is 1. The zero-order chi connectivity index (χ0) is 43.4. The molecule has 7 heteroatoms. The fourth-order valence-corrected chi connectivity index (χ4v) is 8.51. The van der Waals surface area contributed by atoms with E-state index < -0.39 is 0 Å². The lowest BCUT2D eigenvalue weighted by Gasteiger charge is -2.24. The number of carbonyl (C=O) groups excluding carboxylic acids is 3. The van der Waals surface area contributed by atoms with Gasteiger partial charge in [-0.15, -0.1) is 0 Å². The van der Waals surface area contributed by atoms with Crippen molar-refractivity contribution in [3.05, 3.63) is 0 Å². The number of nitrogens with one attached hydrogen (secondary N) is 1. The maximum absolute atomic E-state index is 13.6. The van der Waals surface area contributed by atoms with Crippen molar-refractivity contribution >= 4 is 17.8 Å². The second-order valence-electron chi connectivity index (χ2n) is 18.3. The fourth-order valence-electron chi connectivity index (χ4n) is 8.51. The number of nitrogens with zero attached hydrogens (tertiary/aromatic N) is 1. The average Bonchev–Trinajstić information content (AvgIpc) is 3.22. The molecule has 0 aromatic rings. The minimum atomic E-state index is -0.0934. The van der Waals surface area contributed by atoms with E-state index in [0.29, 0.717) is 19.5 Å². The molecule has 0 radical (unpaired) electrons. The molecule has 0 spiro atoms. The van der Waals surface area contributed by atoms with Crippen LogP contribution in [0, 0.1) is 11.8 Å². The Morgan fingerprint density at radius 1 is 0.407 bits per heavy atom. The number of carbonyl (C=O) groups is 3. The van der Waals surface area contributed by atoms with Crippen LogP contribution in [0.15, 0.2) is 0 Å². The Morgan fingerprint density at radius 3 is 1.02 bits per heavy atom. The van der Waals surface area contributed by atoms with Crippen LogP contribution < -0.4 is 4.90 Å². The first-order valence-corrected chi connectivity index (χ1v) is 26.3. The smallest absolute Gasteiger partial charge is 0.308 e. The van der Waals surface area contributed by atoms with Gasteiger partial charge in [0.15, 0.2) is 0 Å². The maximum atomic E-state index is 13.6. The van der Waals surface area contributed by atoms with Gasteiger partial charge in [0.25, 0.3) is 0 Å². The molecule has 0 bridgehead atoms. The first-order chi connectivity index (χ1) is 28.8. The molecular weight excluding hydrogens is 733 g/mol. The Morgan fingerprint density at radius 2 is 0.712 bits per heavy atom. The van der Waals surface area contributed by atoms with Gasteiger partial charge in [-0.1, -0.05) is 214 Å². The van der Waals surface area contributed by atoms with Crippen LogP contribution in [0.2, 0.25) is 0 Å². The van der Waals surface area contributed by atoms with Crippen molar-refractivity contribution in [1.82, 2.24) is 4.90 Å². The summed E-state index contributed by atoms with van der Waals surface area (Å²) in [7, 11) is 2.19. The molecule has 0 aliphatic rings. The van der Waals surface area contributed by atoms with Crippen LogP contribution in [0.4, 0.5) is 0 Å². The molecule has 0 aliphatic heterocycles. The SMILES string of the molecule is CCCCCCCCCC(CCCCCCCCC)C(=O)OCCN(CCOC(=O)C(CCCCCCCCC)CCCCCCCCC)C(=O)CCC[NH+](C)CCC. The summed E-state index contributed by atoms with van der Waals surface area (Å²) in [6, 6.07) is 0. The largest absolute Gasteiger partial charge is 0.464 e. The van der Waals surface area contributed by atoms with E-state index in [4.69, 9.17) is 9.47 Å². The highest BCUT2D eigenvalue weighted by molar-refractivity contribution is 5.76. The van der Waals surface area contributed by atoms with Gasteiger partial charge < -0.3 is 19.3 Å². The molecule has 1 N–H and O–H groups in total. The number of rotatable bonds is 46. The number of amides is 1. The topological polar surface area (TPSA) is 77.3 Å². The Bertz CT molecular complexity index is 835. The predicted molar refractivity (Wildman–Crippen MR) is 252 cm³/mol. The first-order valence-electron chi connectivity index (χ1n) is 26.3. The van der Waals surface area contributed by atoms with E-state index in [1.54, 1.807) is 4.90 Å². The van der Waals surface area contributed by atoms with Crippen molar-refractivity contribution in [3.8, 4) is 0 Å². The van der Waals surface area contributed by atoms with Gasteiger partial charge in [-0.2, -0.15) is 0 Å². The van der Waals surface area contributed by atoms with Crippen LogP contribution in [0.25, 0.3) is 0 Å². The zero-order valence-corrected chi connectivity index (χ0v) is 40.6. The molecule has 0 aliphatic carbocycles. The summed E-state index contributed by atoms with van der Waals surface area (Å²) in [6.07, 6.45) is 40.7. The van der Waals surface area contributed by atoms with Crippen molar-refractivity contribution in [1.29, 1.82) is 0 Å². The summed E-state index contributed by atoms with van der Waals surface area (Å²) in [5, 5.41) is 0. The number of ether oxygens (including phenoxy) is 2. The van der Waals surface area contributed by atoms with Gasteiger partial charge in [0.2, 0.25) is 5.91 Å². The van der Waals surface area contributed by atoms with Crippen LogP contribution in [0.3, 0.4) is 0 Å². The van der Waals surface area contributed by atoms with Gasteiger partial charge in [0, 0.05) is 12.8 Å². The van der Waals surface area contributed by atoms with Gasteiger partial charge in [0.1, 0.15) is 13.2 Å². The summed E-state index contributed by atoms with van der Waals surface area (Å²) in [5.74, 6) is -0.249. The molecule has 0 aromatic heterocycles. The lowest BCUT2D eigenvalue weighted by atomic mass is 9.94. The lowest BCUT2D eigenvalue weighted by molar-refractivity contribution is -0.879. The Kier molecular flexibility index (Phi) is 43.2. The van der Waals surface area contributed by atoms with Gasteiger partial charge in [0.05, 0.1) is 45.1 Å². The van der Waals surface area contributed by atoms with Crippen molar-refractivity contribution in [2.75, 3.05) is 46.4 Å². The zero-order valence-electron chi connectivity index (χ0n) is 40.6. The molecule has 0 saturated heterocycles. The van der Waals surface area contributed by atoms with E-state index in [1.165, 1.54) is 159 Å². The van der Waals surface area contributed by atoms with Crippen LogP contribution >= 0.6 is 0 Å². The highest BCUT2D eigenvalue weighted by atomic mass is 16.5. The maximum Gasteiger partial charge on any atom is 0.308 e. The molecule has 1 unspecified atom stereocenters. The molecule has 0 heterocycles. The monoisotopic (exact) mass is 836 g/mol. The molecule has 0 saturated carbocycles. The molecule has 0 aromatic carbocycles. The third kappa shape index (κ3) is 36.7. The quantitative estimate of drug-likeness (QED) is 0.0488. The van der Waals surface area contributed by atoms with Crippen molar-refractivity contribution < 1.29 is 28.8 Å². The number of unbranched alkanes of at least 4 members (excludes halogenated alkanes) is 24. The number of quaternary nitrogens is 1. The Labute approximate surface area is 368 Å². The second kappa shape index (κ2) is 44.4. The van der Waals surface area contributed by atoms with Gasteiger partial charge >= 0.3 is 11.9 Å². The van der Waals surface area contributed by atoms with Gasteiger partial charge in [-0.05, 0) is 32.1 Å². The molecule has 1 atom stereocenters. The van der Waals surface area contributed by atoms with E-state index in [0.717, 1.165) is 77.3 Å². The minimum absolute atomic E-state index is 0.0618. The molecule has 0 fully saturated rings. The molecular formula is C52H103N2O5+. The first kappa shape index (κ1) is 57.4. The van der Waals surface area contributed by atoms with Crippen LogP contribution in [0.1, 0.15) is 259 Å². The summed E-state index contributed by atoms with van der Waals surface area (Å²) < 4.78 is 11.9. The van der Waals surface area contributed by atoms with Crippen molar-refractivity contribution in [2.24, 2.45) is 11.8 Å².